The SMILES string of the molecule is CCOC(=O)c1c(C)c(-c2ccccc2)n(CC(=O)N[C@@H]2CCCC[C@H]2C)c1C. The Morgan fingerprint density at radius 3 is 2.48 bits per heavy atom. The summed E-state index contributed by atoms with van der Waals surface area (Å²) < 4.78 is 7.24. The van der Waals surface area contributed by atoms with E-state index in [1.807, 2.05) is 48.7 Å². The number of benzene rings is 1. The average Bonchev–Trinajstić information content (AvgIpc) is 2.94. The van der Waals surface area contributed by atoms with Gasteiger partial charge >= 0.3 is 5.97 Å². The Balaban J connectivity index is 1.94. The Kier molecular flexibility index (Phi) is 6.78. The highest BCUT2D eigenvalue weighted by atomic mass is 16.5. The van der Waals surface area contributed by atoms with Crippen LogP contribution >= 0.6 is 0 Å². The molecule has 1 aromatic carbocycles. The molecule has 1 heterocycles. The number of esters is 1. The molecule has 0 spiro atoms. The van der Waals surface area contributed by atoms with Gasteiger partial charge in [0, 0.05) is 11.7 Å². The van der Waals surface area contributed by atoms with Gasteiger partial charge in [-0.15, -0.1) is 0 Å². The summed E-state index contributed by atoms with van der Waals surface area (Å²) in [4.78, 5) is 25.5. The molecule has 3 rings (SSSR count). The Morgan fingerprint density at radius 1 is 1.14 bits per heavy atom. The third-order valence-corrected chi connectivity index (χ3v) is 6.05. The van der Waals surface area contributed by atoms with E-state index in [1.165, 1.54) is 12.8 Å². The van der Waals surface area contributed by atoms with Crippen molar-refractivity contribution in [2.75, 3.05) is 6.61 Å². The van der Waals surface area contributed by atoms with Gasteiger partial charge in [-0.25, -0.2) is 4.79 Å². The lowest BCUT2D eigenvalue weighted by Crippen LogP contribution is -2.42. The van der Waals surface area contributed by atoms with Crippen LogP contribution in [0.3, 0.4) is 0 Å². The lowest BCUT2D eigenvalue weighted by molar-refractivity contribution is -0.122. The van der Waals surface area contributed by atoms with Crippen LogP contribution in [0.15, 0.2) is 30.3 Å². The fraction of sp³-hybridized carbons (Fsp3) is 0.500. The first-order valence-corrected chi connectivity index (χ1v) is 10.7. The van der Waals surface area contributed by atoms with Gasteiger partial charge in [0.05, 0.1) is 17.9 Å². The van der Waals surface area contributed by atoms with Gasteiger partial charge in [-0.1, -0.05) is 50.1 Å². The summed E-state index contributed by atoms with van der Waals surface area (Å²) in [5.74, 6) is 0.165. The van der Waals surface area contributed by atoms with Crippen LogP contribution in [0, 0.1) is 19.8 Å². The second-order valence-electron chi connectivity index (χ2n) is 8.04. The van der Waals surface area contributed by atoms with Crippen molar-refractivity contribution in [3.63, 3.8) is 0 Å². The first kappa shape index (κ1) is 21.2. The van der Waals surface area contributed by atoms with Gasteiger partial charge in [0.15, 0.2) is 0 Å². The minimum Gasteiger partial charge on any atom is -0.462 e. The molecule has 0 saturated heterocycles. The van der Waals surface area contributed by atoms with E-state index in [9.17, 15) is 9.59 Å². The van der Waals surface area contributed by atoms with E-state index < -0.39 is 0 Å². The van der Waals surface area contributed by atoms with E-state index in [-0.39, 0.29) is 24.5 Å². The standard InChI is InChI=1S/C24H32N2O3/c1-5-29-24(28)22-17(3)23(19-12-7-6-8-13-19)26(18(22)4)15-21(27)25-20-14-10-9-11-16(20)2/h6-8,12-13,16,20H,5,9-11,14-15H2,1-4H3,(H,25,27)/t16-,20-/m1/s1. The van der Waals surface area contributed by atoms with Gasteiger partial charge in [-0.2, -0.15) is 0 Å². The van der Waals surface area contributed by atoms with Crippen molar-refractivity contribution in [2.24, 2.45) is 5.92 Å². The van der Waals surface area contributed by atoms with Crippen LogP contribution in [0.4, 0.5) is 0 Å². The number of aromatic nitrogens is 1. The van der Waals surface area contributed by atoms with Crippen LogP contribution in [0.2, 0.25) is 0 Å². The summed E-state index contributed by atoms with van der Waals surface area (Å²) in [6.45, 7) is 8.35. The van der Waals surface area contributed by atoms with E-state index in [0.29, 0.717) is 18.1 Å². The smallest absolute Gasteiger partial charge is 0.340 e. The molecule has 0 bridgehead atoms. The fourth-order valence-electron chi connectivity index (χ4n) is 4.49. The fourth-order valence-corrected chi connectivity index (χ4v) is 4.49. The molecule has 1 fully saturated rings. The van der Waals surface area contributed by atoms with E-state index in [2.05, 4.69) is 12.2 Å². The van der Waals surface area contributed by atoms with E-state index >= 15 is 0 Å². The number of rotatable bonds is 6. The van der Waals surface area contributed by atoms with Crippen molar-refractivity contribution >= 4 is 11.9 Å². The molecule has 5 nitrogen and oxygen atoms in total. The topological polar surface area (TPSA) is 60.3 Å². The van der Waals surface area contributed by atoms with Crippen molar-refractivity contribution in [1.82, 2.24) is 9.88 Å². The van der Waals surface area contributed by atoms with Gasteiger partial charge in [-0.05, 0) is 50.7 Å². The zero-order chi connectivity index (χ0) is 21.0. The molecule has 0 aliphatic heterocycles. The molecule has 2 atom stereocenters. The molecule has 29 heavy (non-hydrogen) atoms. The average molecular weight is 397 g/mol. The number of ether oxygens (including phenoxy) is 1. The highest BCUT2D eigenvalue weighted by Gasteiger charge is 2.27. The summed E-state index contributed by atoms with van der Waals surface area (Å²) in [6.07, 6.45) is 4.61. The van der Waals surface area contributed by atoms with E-state index in [0.717, 1.165) is 35.4 Å². The number of amides is 1. The maximum atomic E-state index is 12.9. The van der Waals surface area contributed by atoms with Gasteiger partial charge in [-0.3, -0.25) is 4.79 Å². The summed E-state index contributed by atoms with van der Waals surface area (Å²) in [5, 5.41) is 3.23. The zero-order valence-corrected chi connectivity index (χ0v) is 18.0. The van der Waals surface area contributed by atoms with Crippen LogP contribution < -0.4 is 5.32 Å². The second kappa shape index (κ2) is 9.29. The van der Waals surface area contributed by atoms with Crippen molar-refractivity contribution in [3.8, 4) is 11.3 Å². The number of hydrogen-bond donors (Lipinski definition) is 1. The normalized spacial score (nSPS) is 19.0. The predicted octanol–water partition coefficient (Wildman–Crippen LogP) is 4.64. The van der Waals surface area contributed by atoms with Crippen LogP contribution in [0.1, 0.15) is 61.1 Å². The molecule has 0 unspecified atom stereocenters. The summed E-state index contributed by atoms with van der Waals surface area (Å²) in [5.41, 5.74) is 4.07. The van der Waals surface area contributed by atoms with Gasteiger partial charge in [0.25, 0.3) is 0 Å². The Bertz CT molecular complexity index is 870. The van der Waals surface area contributed by atoms with E-state index in [1.54, 1.807) is 6.92 Å². The molecule has 1 N–H and O–H groups in total. The third kappa shape index (κ3) is 4.55. The first-order chi connectivity index (χ1) is 13.9. The molecular weight excluding hydrogens is 364 g/mol. The van der Waals surface area contributed by atoms with E-state index in [4.69, 9.17) is 4.74 Å². The van der Waals surface area contributed by atoms with Crippen molar-refractivity contribution in [3.05, 3.63) is 47.2 Å². The maximum Gasteiger partial charge on any atom is 0.340 e. The largest absolute Gasteiger partial charge is 0.462 e. The number of nitrogens with one attached hydrogen (secondary N) is 1. The third-order valence-electron chi connectivity index (χ3n) is 6.05. The highest BCUT2D eigenvalue weighted by molar-refractivity contribution is 5.95. The molecule has 1 aliphatic carbocycles. The maximum absolute atomic E-state index is 12.9. The molecular formula is C24H32N2O3. The Hall–Kier alpha value is -2.56. The number of nitrogens with zero attached hydrogens (tertiary/aromatic N) is 1. The zero-order valence-electron chi connectivity index (χ0n) is 18.0. The molecule has 1 aliphatic rings. The first-order valence-electron chi connectivity index (χ1n) is 10.7. The molecule has 5 heteroatoms. The lowest BCUT2D eigenvalue weighted by Gasteiger charge is -2.29. The van der Waals surface area contributed by atoms with Crippen LogP contribution in [-0.2, 0) is 16.1 Å². The Morgan fingerprint density at radius 2 is 1.83 bits per heavy atom. The summed E-state index contributed by atoms with van der Waals surface area (Å²) >= 11 is 0. The molecule has 0 radical (unpaired) electrons. The van der Waals surface area contributed by atoms with Crippen LogP contribution in [0.5, 0.6) is 0 Å². The minimum absolute atomic E-state index is 0.00515. The second-order valence-corrected chi connectivity index (χ2v) is 8.04. The van der Waals surface area contributed by atoms with Crippen LogP contribution in [-0.4, -0.2) is 29.1 Å². The number of hydrogen-bond acceptors (Lipinski definition) is 3. The van der Waals surface area contributed by atoms with Crippen molar-refractivity contribution < 1.29 is 14.3 Å². The van der Waals surface area contributed by atoms with Crippen molar-refractivity contribution in [2.45, 2.75) is 66.0 Å². The summed E-state index contributed by atoms with van der Waals surface area (Å²) in [7, 11) is 0. The number of carbonyl (C=O) groups is 2. The Labute approximate surface area is 173 Å². The van der Waals surface area contributed by atoms with Gasteiger partial charge in [0.1, 0.15) is 6.54 Å². The number of carbonyl (C=O) groups excluding carboxylic acids is 2. The molecule has 156 valence electrons. The molecule has 1 saturated carbocycles. The monoisotopic (exact) mass is 396 g/mol. The van der Waals surface area contributed by atoms with Gasteiger partial charge in [0.2, 0.25) is 5.91 Å². The van der Waals surface area contributed by atoms with Gasteiger partial charge < -0.3 is 14.6 Å². The molecule has 2 aromatic rings. The quantitative estimate of drug-likeness (QED) is 0.724. The molecule has 1 aromatic heterocycles. The predicted molar refractivity (Wildman–Crippen MR) is 115 cm³/mol. The minimum atomic E-state index is -0.334. The molecule has 1 amide bonds. The lowest BCUT2D eigenvalue weighted by atomic mass is 9.86. The highest BCUT2D eigenvalue weighted by Crippen LogP contribution is 2.32. The van der Waals surface area contributed by atoms with Crippen LogP contribution in [0.25, 0.3) is 11.3 Å². The van der Waals surface area contributed by atoms with Crippen molar-refractivity contribution in [1.29, 1.82) is 0 Å². The summed E-state index contributed by atoms with van der Waals surface area (Å²) in [6, 6.07) is 10.1.